The molecular formula is C19H44N6. The van der Waals surface area contributed by atoms with E-state index in [0.717, 1.165) is 72.0 Å². The average Bonchev–Trinajstić information content (AvgIpc) is 2.60. The summed E-state index contributed by atoms with van der Waals surface area (Å²) in [7, 11) is 11.3. The Balaban J connectivity index is 2.52. The monoisotopic (exact) mass is 356 g/mol. The van der Waals surface area contributed by atoms with E-state index in [9.17, 15) is 0 Å². The Morgan fingerprint density at radius 2 is 0.600 bits per heavy atom. The van der Waals surface area contributed by atoms with Gasteiger partial charge in [-0.3, -0.25) is 0 Å². The zero-order chi connectivity index (χ0) is 18.7. The van der Waals surface area contributed by atoms with Crippen molar-refractivity contribution in [2.75, 3.05) is 120 Å². The van der Waals surface area contributed by atoms with E-state index in [1.54, 1.807) is 0 Å². The molecule has 0 radical (unpaired) electrons. The molecule has 0 bridgehead atoms. The van der Waals surface area contributed by atoms with Crippen molar-refractivity contribution >= 4 is 0 Å². The van der Waals surface area contributed by atoms with Crippen molar-refractivity contribution in [3.05, 3.63) is 0 Å². The fourth-order valence-electron chi connectivity index (χ4n) is 2.98. The third-order valence-corrected chi connectivity index (χ3v) is 5.50. The molecule has 1 aliphatic rings. The average molecular weight is 357 g/mol. The van der Waals surface area contributed by atoms with Gasteiger partial charge < -0.3 is 29.4 Å². The topological polar surface area (TPSA) is 19.4 Å². The summed E-state index contributed by atoms with van der Waals surface area (Å²) in [5, 5.41) is 0. The van der Waals surface area contributed by atoms with Gasteiger partial charge in [-0.25, -0.2) is 0 Å². The maximum atomic E-state index is 2.58. The molecule has 0 aromatic carbocycles. The van der Waals surface area contributed by atoms with Crippen LogP contribution in [-0.4, -0.2) is 150 Å². The minimum Gasteiger partial charge on any atom is -0.304 e. The van der Waals surface area contributed by atoms with E-state index < -0.39 is 0 Å². The second kappa shape index (κ2) is 13.0. The second-order valence-electron chi connectivity index (χ2n) is 7.95. The lowest BCUT2D eigenvalue weighted by molar-refractivity contribution is 0.172. The standard InChI is InChI=1S/C19H44N6/c1-7-25-18-16-23(5)14-12-21(3)10-8-20(2)9-11-22(4)13-15-24(6)17-19-25/h7-19H2,1-6H3. The molecule has 0 N–H and O–H groups in total. The maximum Gasteiger partial charge on any atom is 0.0110 e. The first kappa shape index (κ1) is 22.8. The fraction of sp³-hybridized carbons (Fsp3) is 1.00. The third-order valence-electron chi connectivity index (χ3n) is 5.50. The fourth-order valence-corrected chi connectivity index (χ4v) is 2.98. The van der Waals surface area contributed by atoms with Gasteiger partial charge in [0.15, 0.2) is 0 Å². The summed E-state index contributed by atoms with van der Waals surface area (Å²) >= 11 is 0. The van der Waals surface area contributed by atoms with Crippen molar-refractivity contribution in [2.24, 2.45) is 0 Å². The molecule has 0 spiro atoms. The first-order chi connectivity index (χ1) is 11.9. The molecule has 0 aromatic heterocycles. The van der Waals surface area contributed by atoms with Gasteiger partial charge in [0.2, 0.25) is 0 Å². The molecule has 0 unspecified atom stereocenters. The van der Waals surface area contributed by atoms with Crippen LogP contribution in [0.3, 0.4) is 0 Å². The molecule has 6 heteroatoms. The summed E-state index contributed by atoms with van der Waals surface area (Å²) in [5.74, 6) is 0. The Morgan fingerprint density at radius 3 is 0.800 bits per heavy atom. The first-order valence-electron chi connectivity index (χ1n) is 10.1. The maximum absolute atomic E-state index is 2.58. The van der Waals surface area contributed by atoms with Gasteiger partial charge in [-0.05, 0) is 41.8 Å². The van der Waals surface area contributed by atoms with Crippen LogP contribution in [0, 0.1) is 0 Å². The van der Waals surface area contributed by atoms with Crippen molar-refractivity contribution in [2.45, 2.75) is 6.92 Å². The lowest BCUT2D eigenvalue weighted by Crippen LogP contribution is -2.42. The van der Waals surface area contributed by atoms with Crippen molar-refractivity contribution in [1.82, 2.24) is 29.4 Å². The Labute approximate surface area is 157 Å². The van der Waals surface area contributed by atoms with Crippen LogP contribution in [0.4, 0.5) is 0 Å². The summed E-state index contributed by atoms with van der Waals surface area (Å²) < 4.78 is 0. The molecule has 25 heavy (non-hydrogen) atoms. The minimum absolute atomic E-state index is 1.15. The van der Waals surface area contributed by atoms with Crippen molar-refractivity contribution in [3.8, 4) is 0 Å². The molecule has 1 heterocycles. The van der Waals surface area contributed by atoms with Crippen LogP contribution in [0.1, 0.15) is 6.92 Å². The van der Waals surface area contributed by atoms with Crippen LogP contribution < -0.4 is 0 Å². The van der Waals surface area contributed by atoms with E-state index in [1.165, 1.54) is 13.1 Å². The van der Waals surface area contributed by atoms with E-state index >= 15 is 0 Å². The van der Waals surface area contributed by atoms with Gasteiger partial charge in [0.25, 0.3) is 0 Å². The second-order valence-corrected chi connectivity index (χ2v) is 7.95. The molecule has 1 rings (SSSR count). The molecule has 1 fully saturated rings. The van der Waals surface area contributed by atoms with Gasteiger partial charge in [0, 0.05) is 78.5 Å². The summed E-state index contributed by atoms with van der Waals surface area (Å²) in [6.07, 6.45) is 0. The van der Waals surface area contributed by atoms with Crippen molar-refractivity contribution < 1.29 is 0 Å². The molecule has 1 aliphatic heterocycles. The van der Waals surface area contributed by atoms with Crippen LogP contribution in [0.25, 0.3) is 0 Å². The zero-order valence-corrected chi connectivity index (χ0v) is 17.9. The summed E-state index contributed by atoms with van der Waals surface area (Å²) in [6, 6.07) is 0. The number of likely N-dealkylation sites (N-methyl/N-ethyl adjacent to an activating group) is 6. The van der Waals surface area contributed by atoms with Crippen LogP contribution in [0.2, 0.25) is 0 Å². The highest BCUT2D eigenvalue weighted by Gasteiger charge is 2.10. The van der Waals surface area contributed by atoms with Crippen LogP contribution >= 0.6 is 0 Å². The normalized spacial score (nSPS) is 25.7. The highest BCUT2D eigenvalue weighted by Crippen LogP contribution is 1.96. The predicted molar refractivity (Wildman–Crippen MR) is 110 cm³/mol. The first-order valence-corrected chi connectivity index (χ1v) is 10.1. The highest BCUT2D eigenvalue weighted by atomic mass is 15.2. The van der Waals surface area contributed by atoms with E-state index in [-0.39, 0.29) is 0 Å². The smallest absolute Gasteiger partial charge is 0.0110 e. The third kappa shape index (κ3) is 11.2. The number of nitrogens with zero attached hydrogens (tertiary/aromatic N) is 6. The van der Waals surface area contributed by atoms with Gasteiger partial charge in [0.05, 0.1) is 0 Å². The van der Waals surface area contributed by atoms with Gasteiger partial charge in [-0.15, -0.1) is 0 Å². The van der Waals surface area contributed by atoms with Crippen LogP contribution in [0.5, 0.6) is 0 Å². The largest absolute Gasteiger partial charge is 0.304 e. The molecule has 0 aliphatic carbocycles. The molecule has 0 saturated carbocycles. The van der Waals surface area contributed by atoms with E-state index in [2.05, 4.69) is 71.6 Å². The lowest BCUT2D eigenvalue weighted by atomic mass is 10.3. The molecule has 1 saturated heterocycles. The number of hydrogen-bond donors (Lipinski definition) is 0. The predicted octanol–water partition coefficient (Wildman–Crippen LogP) is -0.0191. The Bertz CT molecular complexity index is 299. The molecule has 0 amide bonds. The summed E-state index contributed by atoms with van der Waals surface area (Å²) in [5.41, 5.74) is 0. The quantitative estimate of drug-likeness (QED) is 0.653. The minimum atomic E-state index is 1.15. The zero-order valence-electron chi connectivity index (χ0n) is 17.9. The summed E-state index contributed by atoms with van der Waals surface area (Å²) in [6.45, 7) is 17.3. The molecule has 0 atom stereocenters. The highest BCUT2D eigenvalue weighted by molar-refractivity contribution is 4.67. The van der Waals surface area contributed by atoms with E-state index in [1.807, 2.05) is 0 Å². The van der Waals surface area contributed by atoms with E-state index in [4.69, 9.17) is 0 Å². The van der Waals surface area contributed by atoms with Crippen LogP contribution in [0.15, 0.2) is 0 Å². The molecule has 0 aromatic rings. The van der Waals surface area contributed by atoms with Gasteiger partial charge in [-0.2, -0.15) is 0 Å². The number of rotatable bonds is 1. The molecule has 150 valence electrons. The van der Waals surface area contributed by atoms with Gasteiger partial charge >= 0.3 is 0 Å². The van der Waals surface area contributed by atoms with Gasteiger partial charge in [-0.1, -0.05) is 6.92 Å². The van der Waals surface area contributed by atoms with Crippen LogP contribution in [-0.2, 0) is 0 Å². The molecular weight excluding hydrogens is 312 g/mol. The van der Waals surface area contributed by atoms with Crippen molar-refractivity contribution in [1.29, 1.82) is 0 Å². The Morgan fingerprint density at radius 1 is 0.400 bits per heavy atom. The van der Waals surface area contributed by atoms with E-state index in [0.29, 0.717) is 0 Å². The molecule has 6 nitrogen and oxygen atoms in total. The lowest BCUT2D eigenvalue weighted by Gasteiger charge is -2.29. The van der Waals surface area contributed by atoms with Crippen molar-refractivity contribution in [3.63, 3.8) is 0 Å². The Kier molecular flexibility index (Phi) is 11.9. The summed E-state index contributed by atoms with van der Waals surface area (Å²) in [4.78, 5) is 14.9. The van der Waals surface area contributed by atoms with Gasteiger partial charge in [0.1, 0.15) is 0 Å². The SMILES string of the molecule is CCN1CCN(C)CCN(C)CCN(C)CCN(C)CCN(C)CC1. The number of hydrogen-bond acceptors (Lipinski definition) is 6. The Hall–Kier alpha value is -0.240.